The Balaban J connectivity index is 2.00. The van der Waals surface area contributed by atoms with Crippen LogP contribution in [0.2, 0.25) is 0 Å². The van der Waals surface area contributed by atoms with E-state index in [-0.39, 0.29) is 24.1 Å². The SMILES string of the molecule is C#CCN1C(=O)[C@H](C)N(CCC(C)C)c2nc(Nc3cc(F)c(O)c(F)c3)ncc21. The Morgan fingerprint density at radius 2 is 2.00 bits per heavy atom. The van der Waals surface area contributed by atoms with Crippen LogP contribution in [0, 0.1) is 29.9 Å². The number of anilines is 4. The largest absolute Gasteiger partial charge is 0.503 e. The number of halogens is 2. The van der Waals surface area contributed by atoms with E-state index in [0.717, 1.165) is 18.6 Å². The summed E-state index contributed by atoms with van der Waals surface area (Å²) < 4.78 is 27.3. The van der Waals surface area contributed by atoms with Crippen molar-refractivity contribution in [3.63, 3.8) is 0 Å². The molecule has 0 saturated carbocycles. The van der Waals surface area contributed by atoms with Gasteiger partial charge in [0.05, 0.1) is 12.7 Å². The number of nitrogens with zero attached hydrogens (tertiary/aromatic N) is 4. The highest BCUT2D eigenvalue weighted by molar-refractivity contribution is 6.04. The molecular formula is C21H23F2N5O2. The second-order valence-corrected chi connectivity index (χ2v) is 7.50. The van der Waals surface area contributed by atoms with Gasteiger partial charge in [-0.15, -0.1) is 6.42 Å². The monoisotopic (exact) mass is 415 g/mol. The highest BCUT2D eigenvalue weighted by Gasteiger charge is 2.36. The maximum Gasteiger partial charge on any atom is 0.250 e. The average Bonchev–Trinajstić information content (AvgIpc) is 2.69. The molecule has 1 aliphatic heterocycles. The number of aromatic nitrogens is 2. The number of amides is 1. The van der Waals surface area contributed by atoms with Gasteiger partial charge in [-0.25, -0.2) is 13.8 Å². The predicted molar refractivity (Wildman–Crippen MR) is 111 cm³/mol. The van der Waals surface area contributed by atoms with Crippen molar-refractivity contribution in [1.82, 2.24) is 9.97 Å². The van der Waals surface area contributed by atoms with Gasteiger partial charge in [0.25, 0.3) is 0 Å². The van der Waals surface area contributed by atoms with Crippen LogP contribution in [0.5, 0.6) is 5.75 Å². The van der Waals surface area contributed by atoms with Gasteiger partial charge in [-0.05, 0) is 19.3 Å². The van der Waals surface area contributed by atoms with Crippen LogP contribution in [-0.2, 0) is 4.79 Å². The number of phenols is 1. The molecule has 0 fully saturated rings. The summed E-state index contributed by atoms with van der Waals surface area (Å²) in [6.07, 6.45) is 7.73. The Kier molecular flexibility index (Phi) is 6.06. The predicted octanol–water partition coefficient (Wildman–Crippen LogP) is 3.42. The molecule has 3 rings (SSSR count). The molecule has 2 heterocycles. The molecule has 2 aromatic rings. The summed E-state index contributed by atoms with van der Waals surface area (Å²) in [5, 5.41) is 12.0. The summed E-state index contributed by atoms with van der Waals surface area (Å²) >= 11 is 0. The van der Waals surface area contributed by atoms with Crippen LogP contribution in [-0.4, -0.2) is 40.1 Å². The zero-order valence-corrected chi connectivity index (χ0v) is 17.0. The lowest BCUT2D eigenvalue weighted by molar-refractivity contribution is -0.119. The van der Waals surface area contributed by atoms with Gasteiger partial charge in [-0.1, -0.05) is 19.8 Å². The normalized spacial score (nSPS) is 15.9. The molecule has 0 unspecified atom stereocenters. The molecule has 1 aliphatic rings. The summed E-state index contributed by atoms with van der Waals surface area (Å²) in [5.74, 6) is 0.0945. The quantitative estimate of drug-likeness (QED) is 0.556. The average molecular weight is 415 g/mol. The zero-order valence-electron chi connectivity index (χ0n) is 17.0. The minimum Gasteiger partial charge on any atom is -0.503 e. The summed E-state index contributed by atoms with van der Waals surface area (Å²) in [6, 6.07) is 1.40. The standard InChI is InChI=1S/C21H23F2N5O2/c1-5-7-28-17-11-24-21(25-14-9-15(22)18(29)16(23)10-14)26-19(17)27(8-6-12(2)3)13(4)20(28)30/h1,9-13,29H,6-8H2,2-4H3,(H,24,25,26)/t13-/m0/s1. The fourth-order valence-electron chi connectivity index (χ4n) is 3.21. The number of carbonyl (C=O) groups excluding carboxylic acids is 1. The first kappa shape index (κ1) is 21.3. The lowest BCUT2D eigenvalue weighted by Gasteiger charge is -2.40. The Hall–Kier alpha value is -3.41. The van der Waals surface area contributed by atoms with Gasteiger partial charge in [0.2, 0.25) is 11.9 Å². The van der Waals surface area contributed by atoms with Gasteiger partial charge in [0.1, 0.15) is 11.7 Å². The van der Waals surface area contributed by atoms with Crippen LogP contribution in [0.3, 0.4) is 0 Å². The summed E-state index contributed by atoms with van der Waals surface area (Å²) in [7, 11) is 0. The smallest absolute Gasteiger partial charge is 0.250 e. The van der Waals surface area contributed by atoms with Crippen LogP contribution in [0.15, 0.2) is 18.3 Å². The fraction of sp³-hybridized carbons (Fsp3) is 0.381. The summed E-state index contributed by atoms with van der Waals surface area (Å²) in [5.41, 5.74) is 0.519. The van der Waals surface area contributed by atoms with Crippen molar-refractivity contribution >= 4 is 29.0 Å². The summed E-state index contributed by atoms with van der Waals surface area (Å²) in [6.45, 7) is 6.64. The molecule has 1 atom stereocenters. The Morgan fingerprint density at radius 3 is 2.60 bits per heavy atom. The molecule has 0 bridgehead atoms. The van der Waals surface area contributed by atoms with Crippen molar-refractivity contribution in [3.8, 4) is 18.1 Å². The number of terminal acetylenes is 1. The molecule has 30 heavy (non-hydrogen) atoms. The van der Waals surface area contributed by atoms with Gasteiger partial charge in [-0.3, -0.25) is 9.69 Å². The first-order chi connectivity index (χ1) is 14.2. The molecular weight excluding hydrogens is 392 g/mol. The number of benzene rings is 1. The third-order valence-corrected chi connectivity index (χ3v) is 4.87. The number of hydrogen-bond acceptors (Lipinski definition) is 6. The van der Waals surface area contributed by atoms with Crippen LogP contribution in [0.4, 0.5) is 31.9 Å². The highest BCUT2D eigenvalue weighted by Crippen LogP contribution is 2.35. The van der Waals surface area contributed by atoms with Gasteiger partial charge >= 0.3 is 0 Å². The number of fused-ring (bicyclic) bond motifs is 1. The van der Waals surface area contributed by atoms with Gasteiger partial charge in [0.15, 0.2) is 23.2 Å². The van der Waals surface area contributed by atoms with E-state index < -0.39 is 23.4 Å². The van der Waals surface area contributed by atoms with E-state index >= 15 is 0 Å². The van der Waals surface area contributed by atoms with Gasteiger partial charge in [0, 0.05) is 24.4 Å². The van der Waals surface area contributed by atoms with E-state index in [9.17, 15) is 18.7 Å². The second-order valence-electron chi connectivity index (χ2n) is 7.50. The van der Waals surface area contributed by atoms with Crippen LogP contribution >= 0.6 is 0 Å². The molecule has 9 heteroatoms. The maximum atomic E-state index is 13.6. The third kappa shape index (κ3) is 4.13. The van der Waals surface area contributed by atoms with Crippen molar-refractivity contribution in [1.29, 1.82) is 0 Å². The highest BCUT2D eigenvalue weighted by atomic mass is 19.1. The Labute approximate surface area is 173 Å². The van der Waals surface area contributed by atoms with Crippen LogP contribution in [0.25, 0.3) is 0 Å². The number of aromatic hydroxyl groups is 1. The van der Waals surface area contributed by atoms with Crippen LogP contribution in [0.1, 0.15) is 27.2 Å². The second kappa shape index (κ2) is 8.53. The van der Waals surface area contributed by atoms with Crippen molar-refractivity contribution in [2.75, 3.05) is 28.2 Å². The van der Waals surface area contributed by atoms with E-state index in [0.29, 0.717) is 24.0 Å². The number of carbonyl (C=O) groups is 1. The van der Waals surface area contributed by atoms with E-state index in [1.807, 2.05) is 4.90 Å². The maximum absolute atomic E-state index is 13.6. The molecule has 7 nitrogen and oxygen atoms in total. The molecule has 158 valence electrons. The Morgan fingerprint density at radius 1 is 1.33 bits per heavy atom. The molecule has 1 aromatic carbocycles. The van der Waals surface area contributed by atoms with E-state index in [1.165, 1.54) is 11.1 Å². The third-order valence-electron chi connectivity index (χ3n) is 4.87. The van der Waals surface area contributed by atoms with Gasteiger partial charge in [-0.2, -0.15) is 4.98 Å². The van der Waals surface area contributed by atoms with Crippen molar-refractivity contribution in [3.05, 3.63) is 30.0 Å². The number of hydrogen-bond donors (Lipinski definition) is 2. The Bertz CT molecular complexity index is 982. The van der Waals surface area contributed by atoms with E-state index in [2.05, 4.69) is 35.1 Å². The first-order valence-corrected chi connectivity index (χ1v) is 9.56. The van der Waals surface area contributed by atoms with Crippen molar-refractivity contribution < 1.29 is 18.7 Å². The number of phenolic OH excluding ortho intramolecular Hbond substituents is 1. The van der Waals surface area contributed by atoms with Gasteiger partial charge < -0.3 is 15.3 Å². The molecule has 0 radical (unpaired) electrons. The molecule has 0 aliphatic carbocycles. The first-order valence-electron chi connectivity index (χ1n) is 9.56. The lowest BCUT2D eigenvalue weighted by atomic mass is 10.1. The molecule has 0 spiro atoms. The van der Waals surface area contributed by atoms with E-state index in [1.54, 1.807) is 6.92 Å². The molecule has 2 N–H and O–H groups in total. The molecule has 0 saturated heterocycles. The minimum absolute atomic E-state index is 0.0388. The zero-order chi connectivity index (χ0) is 22.0. The number of rotatable bonds is 6. The minimum atomic E-state index is -1.10. The van der Waals surface area contributed by atoms with E-state index in [4.69, 9.17) is 6.42 Å². The fourth-order valence-corrected chi connectivity index (χ4v) is 3.21. The van der Waals surface area contributed by atoms with Crippen molar-refractivity contribution in [2.45, 2.75) is 33.2 Å². The topological polar surface area (TPSA) is 81.6 Å². The molecule has 1 aromatic heterocycles. The molecule has 1 amide bonds. The van der Waals surface area contributed by atoms with Crippen molar-refractivity contribution in [2.24, 2.45) is 5.92 Å². The summed E-state index contributed by atoms with van der Waals surface area (Å²) in [4.78, 5) is 24.8. The van der Waals surface area contributed by atoms with Crippen LogP contribution < -0.4 is 15.1 Å². The lowest BCUT2D eigenvalue weighted by Crippen LogP contribution is -2.53. The number of nitrogens with one attached hydrogen (secondary N) is 1.